The minimum atomic E-state index is -3.64. The first-order valence-corrected chi connectivity index (χ1v) is 7.50. The van der Waals surface area contributed by atoms with E-state index in [1.165, 1.54) is 0 Å². The maximum Gasteiger partial charge on any atom is 0.264 e. The van der Waals surface area contributed by atoms with Gasteiger partial charge in [0.1, 0.15) is 6.10 Å². The molecule has 1 rings (SSSR count). The topological polar surface area (TPSA) is 77.5 Å². The van der Waals surface area contributed by atoms with Gasteiger partial charge in [-0.3, -0.25) is 4.18 Å². The molecule has 5 nitrogen and oxygen atoms in total. The van der Waals surface area contributed by atoms with Crippen LogP contribution in [0.2, 0.25) is 0 Å². The predicted octanol–water partition coefficient (Wildman–Crippen LogP) is -0.633. The molecule has 1 aliphatic heterocycles. The van der Waals surface area contributed by atoms with E-state index in [0.717, 1.165) is 6.26 Å². The molecule has 0 amide bonds. The summed E-state index contributed by atoms with van der Waals surface area (Å²) in [5, 5.41) is -0.778. The minimum absolute atomic E-state index is 0.227. The molecule has 0 spiro atoms. The molecule has 1 aliphatic rings. The zero-order chi connectivity index (χ0) is 10.3. The highest BCUT2D eigenvalue weighted by molar-refractivity contribution is 7.92. The minimum Gasteiger partial charge on any atom is -0.264 e. The summed E-state index contributed by atoms with van der Waals surface area (Å²) in [5.74, 6) is -0.553. The Morgan fingerprint density at radius 1 is 1.38 bits per heavy atom. The SMILES string of the molecule is CS(=O)(=O)OC1CS(=O)(=O)CC1Cl. The number of sulfone groups is 1. The second-order valence-corrected chi connectivity index (χ2v) is 7.25. The molecule has 13 heavy (non-hydrogen) atoms. The van der Waals surface area contributed by atoms with Crippen LogP contribution in [0.15, 0.2) is 0 Å². The van der Waals surface area contributed by atoms with E-state index in [4.69, 9.17) is 11.6 Å². The number of halogens is 1. The van der Waals surface area contributed by atoms with Gasteiger partial charge >= 0.3 is 0 Å². The van der Waals surface area contributed by atoms with Gasteiger partial charge in [-0.05, 0) is 0 Å². The van der Waals surface area contributed by atoms with Crippen molar-refractivity contribution in [2.45, 2.75) is 11.5 Å². The van der Waals surface area contributed by atoms with Crippen LogP contribution in [0.5, 0.6) is 0 Å². The molecule has 2 unspecified atom stereocenters. The zero-order valence-corrected chi connectivity index (χ0v) is 9.19. The molecule has 0 aromatic carbocycles. The van der Waals surface area contributed by atoms with Crippen LogP contribution >= 0.6 is 11.6 Å². The van der Waals surface area contributed by atoms with Gasteiger partial charge in [0.25, 0.3) is 10.1 Å². The molecule has 0 radical (unpaired) electrons. The Bertz CT molecular complexity index is 383. The van der Waals surface area contributed by atoms with Crippen molar-refractivity contribution in [1.29, 1.82) is 0 Å². The van der Waals surface area contributed by atoms with Crippen LogP contribution in [-0.4, -0.2) is 46.1 Å². The lowest BCUT2D eigenvalue weighted by Gasteiger charge is -2.10. The third-order valence-electron chi connectivity index (χ3n) is 1.53. The maximum atomic E-state index is 11.0. The van der Waals surface area contributed by atoms with Gasteiger partial charge in [0.05, 0.1) is 23.1 Å². The van der Waals surface area contributed by atoms with Crippen molar-refractivity contribution < 1.29 is 21.0 Å². The molecule has 0 bridgehead atoms. The average Bonchev–Trinajstić information content (AvgIpc) is 2.00. The van der Waals surface area contributed by atoms with Crippen LogP contribution in [0.3, 0.4) is 0 Å². The normalized spacial score (nSPS) is 33.4. The lowest BCUT2D eigenvalue weighted by atomic mass is 10.3. The Balaban J connectivity index is 2.76. The van der Waals surface area contributed by atoms with Gasteiger partial charge in [-0.15, -0.1) is 11.6 Å². The molecule has 0 aliphatic carbocycles. The number of rotatable bonds is 2. The summed E-state index contributed by atoms with van der Waals surface area (Å²) in [5.41, 5.74) is 0. The van der Waals surface area contributed by atoms with Crippen molar-refractivity contribution in [2.24, 2.45) is 0 Å². The quantitative estimate of drug-likeness (QED) is 0.480. The zero-order valence-electron chi connectivity index (χ0n) is 6.80. The van der Waals surface area contributed by atoms with Gasteiger partial charge in [0.15, 0.2) is 9.84 Å². The fourth-order valence-electron chi connectivity index (χ4n) is 1.09. The van der Waals surface area contributed by atoms with Crippen molar-refractivity contribution in [3.63, 3.8) is 0 Å². The molecule has 2 atom stereocenters. The summed E-state index contributed by atoms with van der Waals surface area (Å²) < 4.78 is 47.8. The van der Waals surface area contributed by atoms with Crippen LogP contribution in [0.4, 0.5) is 0 Å². The summed E-state index contributed by atoms with van der Waals surface area (Å²) in [7, 11) is -6.88. The molecule has 1 fully saturated rings. The summed E-state index contributed by atoms with van der Waals surface area (Å²) in [6.45, 7) is 0. The van der Waals surface area contributed by atoms with E-state index in [1.807, 2.05) is 0 Å². The first-order valence-electron chi connectivity index (χ1n) is 3.42. The van der Waals surface area contributed by atoms with Crippen LogP contribution in [-0.2, 0) is 24.1 Å². The van der Waals surface area contributed by atoms with Gasteiger partial charge < -0.3 is 0 Å². The largest absolute Gasteiger partial charge is 0.264 e. The van der Waals surface area contributed by atoms with E-state index in [0.29, 0.717) is 0 Å². The van der Waals surface area contributed by atoms with Crippen LogP contribution in [0.25, 0.3) is 0 Å². The van der Waals surface area contributed by atoms with Gasteiger partial charge in [-0.2, -0.15) is 8.42 Å². The Morgan fingerprint density at radius 3 is 2.23 bits per heavy atom. The summed E-state index contributed by atoms with van der Waals surface area (Å²) >= 11 is 5.60. The van der Waals surface area contributed by atoms with Gasteiger partial charge in [-0.1, -0.05) is 0 Å². The van der Waals surface area contributed by atoms with Gasteiger partial charge in [0.2, 0.25) is 0 Å². The molecule has 78 valence electrons. The summed E-state index contributed by atoms with van der Waals surface area (Å²) in [6.07, 6.45) is -0.0803. The molecule has 8 heteroatoms. The first kappa shape index (κ1) is 11.2. The van der Waals surface area contributed by atoms with Crippen molar-refractivity contribution in [1.82, 2.24) is 0 Å². The molecular formula is C5H9ClO5S2. The van der Waals surface area contributed by atoms with Gasteiger partial charge in [0, 0.05) is 0 Å². The third kappa shape index (κ3) is 3.41. The van der Waals surface area contributed by atoms with Crippen molar-refractivity contribution in [3.05, 3.63) is 0 Å². The van der Waals surface area contributed by atoms with Crippen LogP contribution in [0.1, 0.15) is 0 Å². The smallest absolute Gasteiger partial charge is 0.264 e. The number of alkyl halides is 1. The lowest BCUT2D eigenvalue weighted by Crippen LogP contribution is -2.25. The van der Waals surface area contributed by atoms with Crippen LogP contribution in [0, 0.1) is 0 Å². The van der Waals surface area contributed by atoms with Crippen molar-refractivity contribution >= 4 is 31.6 Å². The Kier molecular flexibility index (Phi) is 2.92. The molecule has 0 aromatic heterocycles. The Labute approximate surface area is 82.1 Å². The van der Waals surface area contributed by atoms with E-state index < -0.39 is 31.4 Å². The summed E-state index contributed by atoms with van der Waals surface area (Å²) in [6, 6.07) is 0. The monoisotopic (exact) mass is 248 g/mol. The van der Waals surface area contributed by atoms with Crippen molar-refractivity contribution in [3.8, 4) is 0 Å². The second kappa shape index (κ2) is 3.38. The Morgan fingerprint density at radius 2 is 1.92 bits per heavy atom. The molecule has 1 heterocycles. The van der Waals surface area contributed by atoms with E-state index in [1.54, 1.807) is 0 Å². The predicted molar refractivity (Wildman–Crippen MR) is 48.0 cm³/mol. The highest BCUT2D eigenvalue weighted by atomic mass is 35.5. The molecule has 0 saturated carbocycles. The van der Waals surface area contributed by atoms with E-state index in [9.17, 15) is 16.8 Å². The van der Waals surface area contributed by atoms with Crippen molar-refractivity contribution in [2.75, 3.05) is 17.8 Å². The highest BCUT2D eigenvalue weighted by Gasteiger charge is 2.39. The summed E-state index contributed by atoms with van der Waals surface area (Å²) in [4.78, 5) is 0. The molecule has 0 N–H and O–H groups in total. The average molecular weight is 249 g/mol. The molecule has 1 saturated heterocycles. The lowest BCUT2D eigenvalue weighted by molar-refractivity contribution is 0.241. The van der Waals surface area contributed by atoms with Crippen LogP contribution < -0.4 is 0 Å². The second-order valence-electron chi connectivity index (χ2n) is 2.93. The Hall–Kier alpha value is 0.150. The molecular weight excluding hydrogens is 240 g/mol. The van der Waals surface area contributed by atoms with Gasteiger partial charge in [-0.25, -0.2) is 8.42 Å². The van der Waals surface area contributed by atoms with E-state index in [-0.39, 0.29) is 11.5 Å². The fourth-order valence-corrected chi connectivity index (χ4v) is 4.34. The van der Waals surface area contributed by atoms with E-state index in [2.05, 4.69) is 4.18 Å². The number of hydrogen-bond acceptors (Lipinski definition) is 5. The maximum absolute atomic E-state index is 11.0. The third-order valence-corrected chi connectivity index (χ3v) is 4.45. The standard InChI is InChI=1S/C5H9ClO5S2/c1-12(7,8)11-5-3-13(9,10)2-4(5)6/h4-5H,2-3H2,1H3. The molecule has 0 aromatic rings. The fraction of sp³-hybridized carbons (Fsp3) is 1.00. The number of hydrogen-bond donors (Lipinski definition) is 0. The highest BCUT2D eigenvalue weighted by Crippen LogP contribution is 2.21. The van der Waals surface area contributed by atoms with E-state index >= 15 is 0 Å². The first-order chi connectivity index (χ1) is 5.70.